The first-order valence-corrected chi connectivity index (χ1v) is 7.65. The van der Waals surface area contributed by atoms with E-state index in [2.05, 4.69) is 14.9 Å². The Morgan fingerprint density at radius 2 is 1.85 bits per heavy atom. The van der Waals surface area contributed by atoms with Crippen molar-refractivity contribution >= 4 is 22.5 Å². The van der Waals surface area contributed by atoms with Gasteiger partial charge in [0.15, 0.2) is 0 Å². The lowest BCUT2D eigenvalue weighted by Crippen LogP contribution is -2.49. The van der Waals surface area contributed by atoms with Crippen molar-refractivity contribution in [3.8, 4) is 11.3 Å². The van der Waals surface area contributed by atoms with Crippen molar-refractivity contribution in [2.24, 2.45) is 0 Å². The van der Waals surface area contributed by atoms with Crippen LogP contribution in [0.25, 0.3) is 27.8 Å². The zero-order valence-electron chi connectivity index (χ0n) is 13.4. The number of nitrogens with one attached hydrogen (secondary N) is 1. The van der Waals surface area contributed by atoms with Crippen LogP contribution in [-0.2, 0) is 4.79 Å². The Bertz CT molecular complexity index is 1230. The highest BCUT2D eigenvalue weighted by Crippen LogP contribution is 2.20. The number of pyridine rings is 1. The largest absolute Gasteiger partial charge is 0.498 e. The van der Waals surface area contributed by atoms with Gasteiger partial charge >= 0.3 is 12.1 Å². The van der Waals surface area contributed by atoms with E-state index < -0.39 is 12.1 Å². The summed E-state index contributed by atoms with van der Waals surface area (Å²) >= 11 is 0. The number of rotatable bonds is 2. The van der Waals surface area contributed by atoms with E-state index in [-0.39, 0.29) is 5.56 Å². The van der Waals surface area contributed by atoms with Gasteiger partial charge in [-0.1, -0.05) is 12.1 Å². The molecule has 1 aromatic carbocycles. The fourth-order valence-electron chi connectivity index (χ4n) is 2.62. The highest BCUT2D eigenvalue weighted by Gasteiger charge is 2.44. The highest BCUT2D eigenvalue weighted by atomic mass is 19.4. The van der Waals surface area contributed by atoms with Crippen LogP contribution in [0.2, 0.25) is 0 Å². The van der Waals surface area contributed by atoms with Crippen molar-refractivity contribution in [2.45, 2.75) is 6.18 Å². The molecule has 0 amide bonds. The first kappa shape index (κ1) is 16.8. The standard InChI is InChI=1S/C17H9F3N4O3/c18-17(19,20)16(26)27-23-7-5-10(6-8-23)12-9-14-21-15(25)11-3-1-2-4-13(11)24(14)22-12/h1-9H/p+1. The Balaban J connectivity index is 1.72. The third kappa shape index (κ3) is 3.01. The quantitative estimate of drug-likeness (QED) is 0.541. The van der Waals surface area contributed by atoms with E-state index >= 15 is 0 Å². The molecule has 0 saturated heterocycles. The second kappa shape index (κ2) is 5.94. The summed E-state index contributed by atoms with van der Waals surface area (Å²) in [5.41, 5.74) is 1.87. The number of nitrogens with zero attached hydrogens (tertiary/aromatic N) is 3. The predicted octanol–water partition coefficient (Wildman–Crippen LogP) is 1.65. The van der Waals surface area contributed by atoms with Crippen molar-refractivity contribution < 1.29 is 27.5 Å². The molecular formula is C17H10F3N4O3+. The van der Waals surface area contributed by atoms with E-state index in [0.717, 1.165) is 12.4 Å². The molecular weight excluding hydrogens is 365 g/mol. The summed E-state index contributed by atoms with van der Waals surface area (Å²) in [6, 6.07) is 11.5. The minimum atomic E-state index is -5.08. The molecule has 0 aliphatic carbocycles. The number of aromatic amines is 1. The number of aromatic nitrogens is 4. The van der Waals surface area contributed by atoms with Crippen LogP contribution in [0.5, 0.6) is 0 Å². The number of alkyl halides is 3. The monoisotopic (exact) mass is 375 g/mol. The highest BCUT2D eigenvalue weighted by molar-refractivity contribution is 5.81. The van der Waals surface area contributed by atoms with Crippen LogP contribution in [0.4, 0.5) is 13.2 Å². The number of halogens is 3. The average Bonchev–Trinajstić information content (AvgIpc) is 3.06. The zero-order chi connectivity index (χ0) is 19.2. The lowest BCUT2D eigenvalue weighted by molar-refractivity contribution is -0.870. The molecule has 0 spiro atoms. The molecule has 10 heteroatoms. The number of hydrogen-bond acceptors (Lipinski definition) is 4. The van der Waals surface area contributed by atoms with Crippen molar-refractivity contribution in [1.29, 1.82) is 0 Å². The predicted molar refractivity (Wildman–Crippen MR) is 86.6 cm³/mol. The maximum Gasteiger partial charge on any atom is 0.498 e. The van der Waals surface area contributed by atoms with Crippen LogP contribution in [0.1, 0.15) is 0 Å². The fraction of sp³-hybridized carbons (Fsp3) is 0.0588. The van der Waals surface area contributed by atoms with Gasteiger partial charge < -0.3 is 4.98 Å². The second-order valence-electron chi connectivity index (χ2n) is 5.62. The van der Waals surface area contributed by atoms with Crippen LogP contribution >= 0.6 is 0 Å². The Labute approximate surface area is 148 Å². The van der Waals surface area contributed by atoms with Gasteiger partial charge in [-0.15, -0.1) is 0 Å². The van der Waals surface area contributed by atoms with Crippen LogP contribution in [-0.4, -0.2) is 26.7 Å². The van der Waals surface area contributed by atoms with E-state index in [4.69, 9.17) is 0 Å². The topological polar surface area (TPSA) is 80.3 Å². The van der Waals surface area contributed by atoms with Crippen molar-refractivity contribution in [2.75, 3.05) is 0 Å². The average molecular weight is 375 g/mol. The summed E-state index contributed by atoms with van der Waals surface area (Å²) in [6.45, 7) is 0. The smallest absolute Gasteiger partial charge is 0.306 e. The van der Waals surface area contributed by atoms with Gasteiger partial charge in [-0.05, 0) is 12.1 Å². The summed E-state index contributed by atoms with van der Waals surface area (Å²) in [5.74, 6) is -2.32. The maximum atomic E-state index is 12.2. The van der Waals surface area contributed by atoms with Gasteiger partial charge in [-0.3, -0.25) is 4.79 Å². The molecule has 136 valence electrons. The Hall–Kier alpha value is -3.69. The van der Waals surface area contributed by atoms with Crippen LogP contribution < -0.4 is 15.1 Å². The molecule has 0 aliphatic heterocycles. The second-order valence-corrected chi connectivity index (χ2v) is 5.62. The van der Waals surface area contributed by atoms with Crippen LogP contribution in [0.3, 0.4) is 0 Å². The summed E-state index contributed by atoms with van der Waals surface area (Å²) in [4.78, 5) is 29.9. The van der Waals surface area contributed by atoms with E-state index in [1.807, 2.05) is 0 Å². The number of benzene rings is 1. The third-order valence-electron chi connectivity index (χ3n) is 3.85. The lowest BCUT2D eigenvalue weighted by atomic mass is 10.2. The number of H-pyrrole nitrogens is 1. The molecule has 4 aromatic rings. The molecule has 0 radical (unpaired) electrons. The van der Waals surface area contributed by atoms with Gasteiger partial charge in [0.05, 0.1) is 16.6 Å². The molecule has 4 rings (SSSR count). The lowest BCUT2D eigenvalue weighted by Gasteiger charge is -2.01. The number of hydrogen-bond donors (Lipinski definition) is 1. The van der Waals surface area contributed by atoms with Crippen molar-refractivity contribution in [3.63, 3.8) is 0 Å². The molecule has 0 fully saturated rings. The minimum absolute atomic E-state index is 0.255. The first-order valence-electron chi connectivity index (χ1n) is 7.65. The van der Waals surface area contributed by atoms with Gasteiger partial charge in [0.1, 0.15) is 5.65 Å². The van der Waals surface area contributed by atoms with E-state index in [1.54, 1.807) is 34.8 Å². The zero-order valence-corrected chi connectivity index (χ0v) is 13.4. The third-order valence-corrected chi connectivity index (χ3v) is 3.85. The number of carbonyl (C=O) groups excluding carboxylic acids is 1. The van der Waals surface area contributed by atoms with Crippen LogP contribution in [0, 0.1) is 0 Å². The summed E-state index contributed by atoms with van der Waals surface area (Å²) in [6.07, 6.45) is -2.77. The fourth-order valence-corrected chi connectivity index (χ4v) is 2.62. The maximum absolute atomic E-state index is 12.2. The number of carbonyl (C=O) groups is 1. The first-order chi connectivity index (χ1) is 12.8. The molecule has 0 aliphatic rings. The SMILES string of the molecule is O=C(O[n+]1ccc(-c2cc3[nH]c(=O)c4ccccc4n3n2)cc1)C(F)(F)F. The molecule has 1 N–H and O–H groups in total. The van der Waals surface area contributed by atoms with E-state index in [9.17, 15) is 22.8 Å². The summed E-state index contributed by atoms with van der Waals surface area (Å²) in [7, 11) is 0. The molecule has 7 nitrogen and oxygen atoms in total. The molecule has 0 atom stereocenters. The number of fused-ring (bicyclic) bond motifs is 3. The van der Waals surface area contributed by atoms with Crippen molar-refractivity contribution in [3.05, 3.63) is 65.2 Å². The van der Waals surface area contributed by atoms with Gasteiger partial charge in [0.25, 0.3) is 5.56 Å². The minimum Gasteiger partial charge on any atom is -0.306 e. The Morgan fingerprint density at radius 3 is 2.56 bits per heavy atom. The molecule has 0 saturated carbocycles. The van der Waals surface area contributed by atoms with E-state index in [1.165, 1.54) is 12.1 Å². The summed E-state index contributed by atoms with van der Waals surface area (Å²) in [5, 5.41) is 4.91. The molecule has 27 heavy (non-hydrogen) atoms. The molecule has 3 heterocycles. The normalized spacial score (nSPS) is 11.8. The van der Waals surface area contributed by atoms with Gasteiger partial charge in [0.2, 0.25) is 12.4 Å². The Kier molecular flexibility index (Phi) is 3.69. The van der Waals surface area contributed by atoms with E-state index in [0.29, 0.717) is 32.5 Å². The Morgan fingerprint density at radius 1 is 1.15 bits per heavy atom. The summed E-state index contributed by atoms with van der Waals surface area (Å²) < 4.78 is 38.9. The molecule has 0 unspecified atom stereocenters. The van der Waals surface area contributed by atoms with Gasteiger partial charge in [-0.2, -0.15) is 23.1 Å². The molecule has 0 bridgehead atoms. The van der Waals surface area contributed by atoms with Crippen LogP contribution in [0.15, 0.2) is 59.7 Å². The molecule has 3 aromatic heterocycles. The van der Waals surface area contributed by atoms with Crippen molar-refractivity contribution in [1.82, 2.24) is 14.6 Å². The van der Waals surface area contributed by atoms with Gasteiger partial charge in [-0.25, -0.2) is 9.31 Å². The van der Waals surface area contributed by atoms with Gasteiger partial charge in [0, 0.05) is 28.5 Å². The number of para-hydroxylation sites is 1.